The smallest absolute Gasteiger partial charge is 0.0243 e. The molecule has 2 unspecified atom stereocenters. The monoisotopic (exact) mass is 212 g/mol. The summed E-state index contributed by atoms with van der Waals surface area (Å²) in [6.45, 7) is 16.3. The van der Waals surface area contributed by atoms with Gasteiger partial charge in [0.15, 0.2) is 0 Å². The highest BCUT2D eigenvalue weighted by atomic mass is 15.2. The number of rotatable bonds is 1. The maximum atomic E-state index is 3.70. The predicted molar refractivity (Wildman–Crippen MR) is 67.2 cm³/mol. The van der Waals surface area contributed by atoms with Gasteiger partial charge in [-0.05, 0) is 39.2 Å². The molecule has 1 heterocycles. The lowest BCUT2D eigenvalue weighted by molar-refractivity contribution is 0.132. The molecule has 2 nitrogen and oxygen atoms in total. The van der Waals surface area contributed by atoms with Gasteiger partial charge in [-0.15, -0.1) is 0 Å². The quantitative estimate of drug-likeness (QED) is 0.718. The average Bonchev–Trinajstić information content (AvgIpc) is 2.25. The molecule has 2 atom stereocenters. The lowest BCUT2D eigenvalue weighted by atomic mass is 9.86. The van der Waals surface area contributed by atoms with Crippen LogP contribution in [0.25, 0.3) is 0 Å². The molecule has 0 aromatic heterocycles. The zero-order chi connectivity index (χ0) is 11.6. The fourth-order valence-electron chi connectivity index (χ4n) is 2.39. The predicted octanol–water partition coefficient (Wildman–Crippen LogP) is 2.49. The molecule has 0 bridgehead atoms. The summed E-state index contributed by atoms with van der Waals surface area (Å²) >= 11 is 0. The van der Waals surface area contributed by atoms with E-state index in [0.717, 1.165) is 6.54 Å². The van der Waals surface area contributed by atoms with Gasteiger partial charge in [-0.3, -0.25) is 4.90 Å². The van der Waals surface area contributed by atoms with E-state index in [4.69, 9.17) is 0 Å². The van der Waals surface area contributed by atoms with Crippen LogP contribution in [0, 0.1) is 5.41 Å². The second-order valence-electron chi connectivity index (χ2n) is 6.30. The summed E-state index contributed by atoms with van der Waals surface area (Å²) in [5.74, 6) is 0. The maximum absolute atomic E-state index is 3.70. The molecule has 0 radical (unpaired) electrons. The third-order valence-electron chi connectivity index (χ3n) is 3.62. The van der Waals surface area contributed by atoms with Crippen molar-refractivity contribution in [2.75, 3.05) is 13.1 Å². The highest BCUT2D eigenvalue weighted by molar-refractivity contribution is 4.89. The Morgan fingerprint density at radius 3 is 2.33 bits per heavy atom. The molecular formula is C13H28N2. The topological polar surface area (TPSA) is 15.3 Å². The summed E-state index contributed by atoms with van der Waals surface area (Å²) in [7, 11) is 0. The Balaban J connectivity index is 2.72. The van der Waals surface area contributed by atoms with E-state index in [-0.39, 0.29) is 0 Å². The SMILES string of the molecule is CC(C)N1CC(C(C)(C)C)NCCC1C. The molecule has 0 aromatic rings. The Hall–Kier alpha value is -0.0800. The molecule has 1 N–H and O–H groups in total. The summed E-state index contributed by atoms with van der Waals surface area (Å²) < 4.78 is 0. The van der Waals surface area contributed by atoms with Gasteiger partial charge in [0, 0.05) is 24.7 Å². The van der Waals surface area contributed by atoms with Gasteiger partial charge in [-0.2, -0.15) is 0 Å². The van der Waals surface area contributed by atoms with E-state index >= 15 is 0 Å². The first kappa shape index (κ1) is 13.0. The van der Waals surface area contributed by atoms with Gasteiger partial charge in [0.2, 0.25) is 0 Å². The highest BCUT2D eigenvalue weighted by Crippen LogP contribution is 2.24. The fraction of sp³-hybridized carbons (Fsp3) is 1.00. The minimum absolute atomic E-state index is 0.358. The zero-order valence-corrected chi connectivity index (χ0v) is 11.3. The van der Waals surface area contributed by atoms with Gasteiger partial charge in [-0.1, -0.05) is 20.8 Å². The minimum atomic E-state index is 0.358. The third-order valence-corrected chi connectivity index (χ3v) is 3.62. The fourth-order valence-corrected chi connectivity index (χ4v) is 2.39. The molecule has 15 heavy (non-hydrogen) atoms. The number of hydrogen-bond acceptors (Lipinski definition) is 2. The van der Waals surface area contributed by atoms with Crippen LogP contribution >= 0.6 is 0 Å². The molecule has 1 aliphatic heterocycles. The van der Waals surface area contributed by atoms with Gasteiger partial charge in [0.1, 0.15) is 0 Å². The number of nitrogens with one attached hydrogen (secondary N) is 1. The van der Waals surface area contributed by atoms with Crippen molar-refractivity contribution >= 4 is 0 Å². The van der Waals surface area contributed by atoms with Crippen molar-refractivity contribution in [3.05, 3.63) is 0 Å². The van der Waals surface area contributed by atoms with Crippen LogP contribution in [0.1, 0.15) is 48.0 Å². The van der Waals surface area contributed by atoms with E-state index in [1.807, 2.05) is 0 Å². The highest BCUT2D eigenvalue weighted by Gasteiger charge is 2.31. The third kappa shape index (κ3) is 3.46. The van der Waals surface area contributed by atoms with E-state index in [9.17, 15) is 0 Å². The van der Waals surface area contributed by atoms with E-state index < -0.39 is 0 Å². The molecule has 0 amide bonds. The van der Waals surface area contributed by atoms with Crippen molar-refractivity contribution in [2.45, 2.75) is 66.1 Å². The van der Waals surface area contributed by atoms with Crippen molar-refractivity contribution in [2.24, 2.45) is 5.41 Å². The first-order valence-corrected chi connectivity index (χ1v) is 6.31. The van der Waals surface area contributed by atoms with Gasteiger partial charge < -0.3 is 5.32 Å². The molecule has 0 saturated carbocycles. The summed E-state index contributed by atoms with van der Waals surface area (Å²) in [4.78, 5) is 2.63. The van der Waals surface area contributed by atoms with E-state index in [2.05, 4.69) is 51.8 Å². The average molecular weight is 212 g/mol. The Labute approximate surface area is 95.4 Å². The van der Waals surface area contributed by atoms with Crippen LogP contribution in [-0.2, 0) is 0 Å². The summed E-state index contributed by atoms with van der Waals surface area (Å²) in [6, 6.07) is 1.99. The molecule has 1 aliphatic rings. The molecule has 1 rings (SSSR count). The van der Waals surface area contributed by atoms with E-state index in [1.165, 1.54) is 13.0 Å². The Bertz CT molecular complexity index is 193. The molecule has 2 heteroatoms. The van der Waals surface area contributed by atoms with Crippen LogP contribution in [0.5, 0.6) is 0 Å². The summed E-state index contributed by atoms with van der Waals surface area (Å²) in [6.07, 6.45) is 1.27. The molecule has 1 saturated heterocycles. The summed E-state index contributed by atoms with van der Waals surface area (Å²) in [5, 5.41) is 3.70. The largest absolute Gasteiger partial charge is 0.312 e. The molecule has 1 fully saturated rings. The first-order valence-electron chi connectivity index (χ1n) is 6.31. The normalized spacial score (nSPS) is 30.6. The lowest BCUT2D eigenvalue weighted by Gasteiger charge is -2.37. The van der Waals surface area contributed by atoms with Crippen molar-refractivity contribution in [3.8, 4) is 0 Å². The Morgan fingerprint density at radius 1 is 1.27 bits per heavy atom. The van der Waals surface area contributed by atoms with Gasteiger partial charge in [0.05, 0.1) is 0 Å². The molecule has 0 spiro atoms. The molecule has 0 aliphatic carbocycles. The maximum Gasteiger partial charge on any atom is 0.0243 e. The van der Waals surface area contributed by atoms with Crippen LogP contribution in [0.15, 0.2) is 0 Å². The molecule has 0 aromatic carbocycles. The van der Waals surface area contributed by atoms with Gasteiger partial charge in [-0.25, -0.2) is 0 Å². The van der Waals surface area contributed by atoms with Gasteiger partial charge in [0.25, 0.3) is 0 Å². The molecular weight excluding hydrogens is 184 g/mol. The standard InChI is InChI=1S/C13H28N2/c1-10(2)15-9-12(13(4,5)6)14-8-7-11(15)3/h10-12,14H,7-9H2,1-6H3. The van der Waals surface area contributed by atoms with E-state index in [1.54, 1.807) is 0 Å². The van der Waals surface area contributed by atoms with Crippen LogP contribution in [0.4, 0.5) is 0 Å². The van der Waals surface area contributed by atoms with Crippen molar-refractivity contribution < 1.29 is 0 Å². The molecule has 90 valence electrons. The van der Waals surface area contributed by atoms with Gasteiger partial charge >= 0.3 is 0 Å². The lowest BCUT2D eigenvalue weighted by Crippen LogP contribution is -2.49. The second-order valence-corrected chi connectivity index (χ2v) is 6.30. The Kier molecular flexibility index (Phi) is 4.19. The minimum Gasteiger partial charge on any atom is -0.312 e. The van der Waals surface area contributed by atoms with Crippen LogP contribution in [-0.4, -0.2) is 36.1 Å². The zero-order valence-electron chi connectivity index (χ0n) is 11.3. The van der Waals surface area contributed by atoms with Crippen molar-refractivity contribution in [3.63, 3.8) is 0 Å². The number of nitrogens with zero attached hydrogens (tertiary/aromatic N) is 1. The van der Waals surface area contributed by atoms with Crippen LogP contribution in [0.2, 0.25) is 0 Å². The second kappa shape index (κ2) is 4.84. The summed E-state index contributed by atoms with van der Waals surface area (Å²) in [5.41, 5.74) is 0.358. The first-order chi connectivity index (χ1) is 6.82. The van der Waals surface area contributed by atoms with Crippen LogP contribution in [0.3, 0.4) is 0 Å². The van der Waals surface area contributed by atoms with Crippen molar-refractivity contribution in [1.82, 2.24) is 10.2 Å². The number of hydrogen-bond donors (Lipinski definition) is 1. The van der Waals surface area contributed by atoms with E-state index in [0.29, 0.717) is 23.5 Å². The van der Waals surface area contributed by atoms with Crippen LogP contribution < -0.4 is 5.32 Å². The Morgan fingerprint density at radius 2 is 1.87 bits per heavy atom. The van der Waals surface area contributed by atoms with Crippen molar-refractivity contribution in [1.29, 1.82) is 0 Å².